The summed E-state index contributed by atoms with van der Waals surface area (Å²) in [6.07, 6.45) is 10.2. The molecule has 0 aliphatic heterocycles. The Morgan fingerprint density at radius 2 is 1.81 bits per heavy atom. The number of carbonyl (C=O) groups is 2. The molecule has 2 amide bonds. The summed E-state index contributed by atoms with van der Waals surface area (Å²) in [5, 5.41) is 10.1. The minimum atomic E-state index is -0.670. The summed E-state index contributed by atoms with van der Waals surface area (Å²) in [6.45, 7) is 0.490. The number of nitrogens with one attached hydrogen (secondary N) is 2. The van der Waals surface area contributed by atoms with Gasteiger partial charge < -0.3 is 20.1 Å². The van der Waals surface area contributed by atoms with Crippen LogP contribution in [-0.2, 0) is 22.7 Å². The van der Waals surface area contributed by atoms with Gasteiger partial charge in [0, 0.05) is 18.6 Å². The summed E-state index contributed by atoms with van der Waals surface area (Å²) in [5.41, 5.74) is 2.06. The molecular formula is C26H30N6O4. The number of benzene rings is 1. The van der Waals surface area contributed by atoms with Crippen LogP contribution in [-0.4, -0.2) is 44.9 Å². The van der Waals surface area contributed by atoms with Crippen LogP contribution < -0.4 is 15.4 Å². The molecule has 2 heterocycles. The van der Waals surface area contributed by atoms with E-state index < -0.39 is 12.1 Å². The van der Waals surface area contributed by atoms with Crippen LogP contribution in [0.1, 0.15) is 36.9 Å². The van der Waals surface area contributed by atoms with E-state index in [9.17, 15) is 9.59 Å². The van der Waals surface area contributed by atoms with Gasteiger partial charge in [-0.15, -0.1) is 0 Å². The SMILES string of the molecule is COc1nccnc1Cn1cc(NC(=O)[C@@H](NC(=O)OCc2ccccc2)C(C2CC2)C2CC2)cn1. The smallest absolute Gasteiger partial charge is 0.408 e. The number of amides is 2. The van der Waals surface area contributed by atoms with E-state index in [-0.39, 0.29) is 18.4 Å². The Labute approximate surface area is 209 Å². The van der Waals surface area contributed by atoms with Gasteiger partial charge in [0.05, 0.1) is 25.5 Å². The zero-order valence-corrected chi connectivity index (χ0v) is 20.2. The van der Waals surface area contributed by atoms with Crippen molar-refractivity contribution in [2.45, 2.75) is 44.9 Å². The van der Waals surface area contributed by atoms with Gasteiger partial charge in [-0.25, -0.2) is 9.78 Å². The summed E-state index contributed by atoms with van der Waals surface area (Å²) >= 11 is 0. The highest BCUT2D eigenvalue weighted by atomic mass is 16.5. The van der Waals surface area contributed by atoms with Gasteiger partial charge in [-0.3, -0.25) is 14.5 Å². The summed E-state index contributed by atoms with van der Waals surface area (Å²) < 4.78 is 12.3. The molecular weight excluding hydrogens is 460 g/mol. The first kappa shape index (κ1) is 23.8. The van der Waals surface area contributed by atoms with E-state index >= 15 is 0 Å². The highest BCUT2D eigenvalue weighted by Crippen LogP contribution is 2.50. The first-order valence-corrected chi connectivity index (χ1v) is 12.2. The Kier molecular flexibility index (Phi) is 7.11. The highest BCUT2D eigenvalue weighted by Gasteiger charge is 2.48. The summed E-state index contributed by atoms with van der Waals surface area (Å²) in [5.74, 6) is 1.18. The predicted octanol–water partition coefficient (Wildman–Crippen LogP) is 3.40. The van der Waals surface area contributed by atoms with Gasteiger partial charge in [0.2, 0.25) is 11.8 Å². The largest absolute Gasteiger partial charge is 0.480 e. The van der Waals surface area contributed by atoms with Crippen molar-refractivity contribution < 1.29 is 19.1 Å². The number of alkyl carbamates (subject to hydrolysis) is 1. The van der Waals surface area contributed by atoms with Crippen molar-refractivity contribution in [1.82, 2.24) is 25.1 Å². The lowest BCUT2D eigenvalue weighted by Crippen LogP contribution is -2.50. The topological polar surface area (TPSA) is 120 Å². The van der Waals surface area contributed by atoms with Crippen molar-refractivity contribution in [1.29, 1.82) is 0 Å². The van der Waals surface area contributed by atoms with Gasteiger partial charge in [0.25, 0.3) is 0 Å². The Bertz CT molecular complexity index is 1180. The molecule has 2 aromatic heterocycles. The molecule has 2 saturated carbocycles. The lowest BCUT2D eigenvalue weighted by atomic mass is 9.89. The van der Waals surface area contributed by atoms with Crippen LogP contribution in [0.2, 0.25) is 0 Å². The number of rotatable bonds is 11. The molecule has 10 heteroatoms. The monoisotopic (exact) mass is 490 g/mol. The van der Waals surface area contributed by atoms with E-state index in [1.165, 1.54) is 7.11 Å². The summed E-state index contributed by atoms with van der Waals surface area (Å²) in [7, 11) is 1.54. The molecule has 2 aliphatic carbocycles. The second-order valence-electron chi connectivity index (χ2n) is 9.36. The Morgan fingerprint density at radius 3 is 2.50 bits per heavy atom. The Morgan fingerprint density at radius 1 is 1.08 bits per heavy atom. The van der Waals surface area contributed by atoms with Crippen molar-refractivity contribution in [3.8, 4) is 5.88 Å². The lowest BCUT2D eigenvalue weighted by molar-refractivity contribution is -0.119. The normalized spacial score (nSPS) is 15.8. The number of methoxy groups -OCH3 is 1. The summed E-state index contributed by atoms with van der Waals surface area (Å²) in [4.78, 5) is 34.6. The number of hydrogen-bond donors (Lipinski definition) is 2. The van der Waals surface area contributed by atoms with Crippen molar-refractivity contribution in [2.24, 2.45) is 17.8 Å². The molecule has 0 bridgehead atoms. The third-order valence-electron chi connectivity index (χ3n) is 6.63. The highest BCUT2D eigenvalue weighted by molar-refractivity contribution is 5.96. The van der Waals surface area contributed by atoms with E-state index in [1.54, 1.807) is 29.5 Å². The molecule has 0 unspecified atom stereocenters. The Balaban J connectivity index is 1.25. The Hall–Kier alpha value is -3.95. The minimum absolute atomic E-state index is 0.105. The molecule has 5 rings (SSSR count). The van der Waals surface area contributed by atoms with Crippen LogP contribution in [0.3, 0.4) is 0 Å². The van der Waals surface area contributed by atoms with Crippen molar-refractivity contribution in [2.75, 3.05) is 12.4 Å². The average Bonchev–Trinajstić information content (AvgIpc) is 3.84. The molecule has 1 aromatic carbocycles. The van der Waals surface area contributed by atoms with E-state index in [0.717, 1.165) is 31.2 Å². The maximum atomic E-state index is 13.4. The van der Waals surface area contributed by atoms with Crippen LogP contribution in [0.15, 0.2) is 55.1 Å². The zero-order chi connectivity index (χ0) is 24.9. The first-order chi connectivity index (χ1) is 17.6. The number of nitrogens with zero attached hydrogens (tertiary/aromatic N) is 4. The van der Waals surface area contributed by atoms with Crippen LogP contribution in [0, 0.1) is 17.8 Å². The predicted molar refractivity (Wildman–Crippen MR) is 131 cm³/mol. The number of hydrogen-bond acceptors (Lipinski definition) is 7. The van der Waals surface area contributed by atoms with Gasteiger partial charge in [-0.05, 0) is 49.0 Å². The van der Waals surface area contributed by atoms with Gasteiger partial charge >= 0.3 is 6.09 Å². The quantitative estimate of drug-likeness (QED) is 0.423. The van der Waals surface area contributed by atoms with Crippen LogP contribution in [0.4, 0.5) is 10.5 Å². The molecule has 0 radical (unpaired) electrons. The van der Waals surface area contributed by atoms with E-state index in [0.29, 0.717) is 35.6 Å². The number of carbonyl (C=O) groups excluding carboxylic acids is 2. The molecule has 1 atom stereocenters. The number of ether oxygens (including phenoxy) is 2. The van der Waals surface area contributed by atoms with Gasteiger partial charge in [0.1, 0.15) is 18.3 Å². The van der Waals surface area contributed by atoms with Crippen LogP contribution in [0.5, 0.6) is 5.88 Å². The zero-order valence-electron chi connectivity index (χ0n) is 20.2. The van der Waals surface area contributed by atoms with Crippen LogP contribution in [0.25, 0.3) is 0 Å². The van der Waals surface area contributed by atoms with Gasteiger partial charge in [-0.2, -0.15) is 5.10 Å². The second-order valence-corrected chi connectivity index (χ2v) is 9.36. The molecule has 2 aliphatic rings. The molecule has 2 N–H and O–H groups in total. The summed E-state index contributed by atoms with van der Waals surface area (Å²) in [6, 6.07) is 8.81. The maximum absolute atomic E-state index is 13.4. The molecule has 2 fully saturated rings. The molecule has 10 nitrogen and oxygen atoms in total. The third kappa shape index (κ3) is 5.99. The molecule has 36 heavy (non-hydrogen) atoms. The van der Waals surface area contributed by atoms with E-state index in [2.05, 4.69) is 25.7 Å². The maximum Gasteiger partial charge on any atom is 0.408 e. The minimum Gasteiger partial charge on any atom is -0.480 e. The molecule has 0 spiro atoms. The van der Waals surface area contributed by atoms with Crippen molar-refractivity contribution in [3.05, 3.63) is 66.4 Å². The number of aromatic nitrogens is 4. The average molecular weight is 491 g/mol. The molecule has 3 aromatic rings. The first-order valence-electron chi connectivity index (χ1n) is 12.2. The standard InChI is InChI=1S/C26H30N6O4/c1-35-25-21(27-11-12-28-25)15-32-14-20(13-29-32)30-24(33)23(22(18-7-8-18)19-9-10-19)31-26(34)36-16-17-5-3-2-4-6-17/h2-6,11-14,18-19,22-23H,7-10,15-16H2,1H3,(H,30,33)(H,31,34)/t23-/m0/s1. The van der Waals surface area contributed by atoms with E-state index in [4.69, 9.17) is 9.47 Å². The molecule has 188 valence electrons. The second kappa shape index (κ2) is 10.8. The molecule has 0 saturated heterocycles. The van der Waals surface area contributed by atoms with Gasteiger partial charge in [-0.1, -0.05) is 30.3 Å². The van der Waals surface area contributed by atoms with Crippen LogP contribution >= 0.6 is 0 Å². The van der Waals surface area contributed by atoms with E-state index in [1.807, 2.05) is 30.3 Å². The fourth-order valence-electron chi connectivity index (χ4n) is 4.64. The fourth-order valence-corrected chi connectivity index (χ4v) is 4.64. The lowest BCUT2D eigenvalue weighted by Gasteiger charge is -2.27. The van der Waals surface area contributed by atoms with Crippen molar-refractivity contribution >= 4 is 17.7 Å². The third-order valence-corrected chi connectivity index (χ3v) is 6.63. The number of anilines is 1. The fraction of sp³-hybridized carbons (Fsp3) is 0.423. The van der Waals surface area contributed by atoms with Gasteiger partial charge in [0.15, 0.2) is 0 Å². The van der Waals surface area contributed by atoms with Crippen molar-refractivity contribution in [3.63, 3.8) is 0 Å².